The van der Waals surface area contributed by atoms with E-state index in [1.165, 1.54) is 12.1 Å². The molecule has 1 atom stereocenters. The minimum absolute atomic E-state index is 0.278. The fourth-order valence-corrected chi connectivity index (χ4v) is 2.07. The predicted octanol–water partition coefficient (Wildman–Crippen LogP) is 3.76. The monoisotopic (exact) mass is 230 g/mol. The van der Waals surface area contributed by atoms with Crippen LogP contribution in [0.5, 0.6) is 0 Å². The fourth-order valence-electron chi connectivity index (χ4n) is 2.07. The first kappa shape index (κ1) is 11.8. The lowest BCUT2D eigenvalue weighted by atomic mass is 9.91. The molecule has 1 aliphatic carbocycles. The van der Waals surface area contributed by atoms with Crippen LogP contribution in [0.4, 0.5) is 4.39 Å². The van der Waals surface area contributed by atoms with E-state index in [1.54, 1.807) is 12.1 Å². The van der Waals surface area contributed by atoms with Gasteiger partial charge in [-0.3, -0.25) is 4.79 Å². The second-order valence-corrected chi connectivity index (χ2v) is 4.29. The second kappa shape index (κ2) is 5.58. The molecule has 0 spiro atoms. The molecule has 1 aliphatic rings. The minimum Gasteiger partial charge on any atom is -0.298 e. The number of hydrogen-bond donors (Lipinski definition) is 0. The third kappa shape index (κ3) is 3.13. The first-order valence-corrected chi connectivity index (χ1v) is 5.87. The van der Waals surface area contributed by atoms with Crippen LogP contribution in [0.15, 0.2) is 42.5 Å². The largest absolute Gasteiger partial charge is 0.298 e. The van der Waals surface area contributed by atoms with E-state index in [0.717, 1.165) is 31.1 Å². The van der Waals surface area contributed by atoms with Gasteiger partial charge in [-0.2, -0.15) is 0 Å². The highest BCUT2D eigenvalue weighted by molar-refractivity contribution is 6.06. The molecule has 0 saturated carbocycles. The highest BCUT2D eigenvalue weighted by Gasteiger charge is 2.09. The van der Waals surface area contributed by atoms with Gasteiger partial charge in [0.15, 0.2) is 0 Å². The number of rotatable bonds is 3. The SMILES string of the molecule is O=C/C(=C\C1CC=CCC1)c1ccc(F)cc1. The highest BCUT2D eigenvalue weighted by atomic mass is 19.1. The molecular formula is C15H15FO. The van der Waals surface area contributed by atoms with Crippen molar-refractivity contribution in [1.82, 2.24) is 0 Å². The van der Waals surface area contributed by atoms with E-state index in [2.05, 4.69) is 12.2 Å². The van der Waals surface area contributed by atoms with Gasteiger partial charge < -0.3 is 0 Å². The van der Waals surface area contributed by atoms with Crippen LogP contribution in [0.1, 0.15) is 24.8 Å². The summed E-state index contributed by atoms with van der Waals surface area (Å²) < 4.78 is 12.8. The number of carbonyl (C=O) groups excluding carboxylic acids is 1. The summed E-state index contributed by atoms with van der Waals surface area (Å²) >= 11 is 0. The normalized spacial score (nSPS) is 20.3. The summed E-state index contributed by atoms with van der Waals surface area (Å²) in [4.78, 5) is 11.1. The van der Waals surface area contributed by atoms with Crippen molar-refractivity contribution < 1.29 is 9.18 Å². The summed E-state index contributed by atoms with van der Waals surface area (Å²) in [5.41, 5.74) is 1.45. The molecule has 2 rings (SSSR count). The first-order chi connectivity index (χ1) is 8.29. The molecule has 1 aromatic rings. The van der Waals surface area contributed by atoms with Crippen molar-refractivity contribution in [2.45, 2.75) is 19.3 Å². The molecule has 1 nitrogen and oxygen atoms in total. The summed E-state index contributed by atoms with van der Waals surface area (Å²) in [7, 11) is 0. The number of carbonyl (C=O) groups is 1. The second-order valence-electron chi connectivity index (χ2n) is 4.29. The summed E-state index contributed by atoms with van der Waals surface area (Å²) in [6.07, 6.45) is 10.3. The standard InChI is InChI=1S/C15H15FO/c16-15-8-6-13(7-9-15)14(11-17)10-12-4-2-1-3-5-12/h1-2,6-12H,3-5H2/b14-10+. The van der Waals surface area contributed by atoms with E-state index in [1.807, 2.05) is 6.08 Å². The smallest absolute Gasteiger partial charge is 0.150 e. The van der Waals surface area contributed by atoms with E-state index in [4.69, 9.17) is 0 Å². The molecule has 0 amide bonds. The lowest BCUT2D eigenvalue weighted by molar-refractivity contribution is -0.103. The summed E-state index contributed by atoms with van der Waals surface area (Å²) in [5.74, 6) is 0.143. The van der Waals surface area contributed by atoms with Crippen LogP contribution in [0.3, 0.4) is 0 Å². The molecule has 0 aromatic heterocycles. The summed E-state index contributed by atoms with van der Waals surface area (Å²) in [6.45, 7) is 0. The van der Waals surface area contributed by atoms with Gasteiger partial charge in [0.1, 0.15) is 12.1 Å². The van der Waals surface area contributed by atoms with Crippen molar-refractivity contribution >= 4 is 11.9 Å². The zero-order valence-corrected chi connectivity index (χ0v) is 9.60. The Balaban J connectivity index is 2.20. The van der Waals surface area contributed by atoms with Crippen LogP contribution in [0.2, 0.25) is 0 Å². The quantitative estimate of drug-likeness (QED) is 0.439. The van der Waals surface area contributed by atoms with Gasteiger partial charge in [-0.05, 0) is 42.9 Å². The number of allylic oxidation sites excluding steroid dienone is 4. The average molecular weight is 230 g/mol. The van der Waals surface area contributed by atoms with Crippen molar-refractivity contribution in [2.75, 3.05) is 0 Å². The van der Waals surface area contributed by atoms with Gasteiger partial charge in [0.2, 0.25) is 0 Å². The highest BCUT2D eigenvalue weighted by Crippen LogP contribution is 2.23. The van der Waals surface area contributed by atoms with Crippen molar-refractivity contribution in [3.8, 4) is 0 Å². The van der Waals surface area contributed by atoms with Gasteiger partial charge in [-0.15, -0.1) is 0 Å². The Kier molecular flexibility index (Phi) is 3.86. The Morgan fingerprint density at radius 3 is 2.59 bits per heavy atom. The molecule has 1 unspecified atom stereocenters. The van der Waals surface area contributed by atoms with Crippen LogP contribution >= 0.6 is 0 Å². The first-order valence-electron chi connectivity index (χ1n) is 5.87. The molecular weight excluding hydrogens is 215 g/mol. The van der Waals surface area contributed by atoms with Gasteiger partial charge in [0.05, 0.1) is 0 Å². The lowest BCUT2D eigenvalue weighted by Gasteiger charge is -2.14. The maximum absolute atomic E-state index is 12.8. The molecule has 1 aromatic carbocycles. The van der Waals surface area contributed by atoms with Crippen molar-refractivity contribution in [3.63, 3.8) is 0 Å². The number of halogens is 1. The maximum Gasteiger partial charge on any atom is 0.150 e. The van der Waals surface area contributed by atoms with Crippen LogP contribution in [-0.4, -0.2) is 6.29 Å². The molecule has 88 valence electrons. The summed E-state index contributed by atoms with van der Waals surface area (Å²) in [6, 6.07) is 6.06. The van der Waals surface area contributed by atoms with Gasteiger partial charge in [0.25, 0.3) is 0 Å². The van der Waals surface area contributed by atoms with Crippen LogP contribution in [0, 0.1) is 11.7 Å². The molecule has 0 saturated heterocycles. The Hall–Kier alpha value is -1.70. The molecule has 0 radical (unpaired) electrons. The van der Waals surface area contributed by atoms with E-state index in [9.17, 15) is 9.18 Å². The molecule has 2 heteroatoms. The van der Waals surface area contributed by atoms with Gasteiger partial charge in [0, 0.05) is 5.57 Å². The molecule has 0 heterocycles. The van der Waals surface area contributed by atoms with Crippen LogP contribution in [0.25, 0.3) is 5.57 Å². The van der Waals surface area contributed by atoms with Gasteiger partial charge in [-0.1, -0.05) is 30.4 Å². The third-order valence-corrected chi connectivity index (χ3v) is 3.03. The number of aldehydes is 1. The zero-order chi connectivity index (χ0) is 12.1. The van der Waals surface area contributed by atoms with Gasteiger partial charge >= 0.3 is 0 Å². The molecule has 17 heavy (non-hydrogen) atoms. The van der Waals surface area contributed by atoms with Crippen molar-refractivity contribution in [1.29, 1.82) is 0 Å². The molecule has 0 N–H and O–H groups in total. The predicted molar refractivity (Wildman–Crippen MR) is 66.9 cm³/mol. The maximum atomic E-state index is 12.8. The Bertz CT molecular complexity index is 442. The van der Waals surface area contributed by atoms with Gasteiger partial charge in [-0.25, -0.2) is 4.39 Å². The minimum atomic E-state index is -0.278. The summed E-state index contributed by atoms with van der Waals surface area (Å²) in [5, 5.41) is 0. The van der Waals surface area contributed by atoms with Crippen LogP contribution in [-0.2, 0) is 4.79 Å². The van der Waals surface area contributed by atoms with E-state index < -0.39 is 0 Å². The van der Waals surface area contributed by atoms with E-state index in [0.29, 0.717) is 11.5 Å². The topological polar surface area (TPSA) is 17.1 Å². The Morgan fingerprint density at radius 2 is 2.00 bits per heavy atom. The molecule has 0 aliphatic heterocycles. The third-order valence-electron chi connectivity index (χ3n) is 3.03. The fraction of sp³-hybridized carbons (Fsp3) is 0.267. The van der Waals surface area contributed by atoms with Crippen molar-refractivity contribution in [3.05, 3.63) is 53.9 Å². The Labute approximate surface area is 101 Å². The number of hydrogen-bond acceptors (Lipinski definition) is 1. The lowest BCUT2D eigenvalue weighted by Crippen LogP contribution is -2.00. The Morgan fingerprint density at radius 1 is 1.24 bits per heavy atom. The molecule has 0 bridgehead atoms. The van der Waals surface area contributed by atoms with Crippen molar-refractivity contribution in [2.24, 2.45) is 5.92 Å². The van der Waals surface area contributed by atoms with Crippen LogP contribution < -0.4 is 0 Å². The number of benzene rings is 1. The van der Waals surface area contributed by atoms with E-state index >= 15 is 0 Å². The molecule has 0 fully saturated rings. The zero-order valence-electron chi connectivity index (χ0n) is 9.60. The van der Waals surface area contributed by atoms with E-state index in [-0.39, 0.29) is 5.82 Å². The average Bonchev–Trinajstić information content (AvgIpc) is 2.38.